The number of anilines is 1. The summed E-state index contributed by atoms with van der Waals surface area (Å²) in [6, 6.07) is 6.14. The number of rotatable bonds is 2. The van der Waals surface area contributed by atoms with E-state index in [2.05, 4.69) is 25.8 Å². The lowest BCUT2D eigenvalue weighted by molar-refractivity contribution is 0.239. The van der Waals surface area contributed by atoms with Crippen molar-refractivity contribution in [1.29, 1.82) is 0 Å². The number of aromatic nitrogens is 1. The van der Waals surface area contributed by atoms with Crippen molar-refractivity contribution in [1.82, 2.24) is 4.98 Å². The molecule has 0 spiro atoms. The van der Waals surface area contributed by atoms with Gasteiger partial charge in [-0.25, -0.2) is 4.98 Å². The van der Waals surface area contributed by atoms with Crippen molar-refractivity contribution in [2.75, 3.05) is 18.1 Å². The molecule has 2 heterocycles. The number of halogens is 1. The second-order valence-corrected chi connectivity index (χ2v) is 4.66. The summed E-state index contributed by atoms with van der Waals surface area (Å²) in [4.78, 5) is 6.63. The van der Waals surface area contributed by atoms with Gasteiger partial charge in [0.05, 0.1) is 12.6 Å². The monoisotopic (exact) mass is 270 g/mol. The highest BCUT2D eigenvalue weighted by molar-refractivity contribution is 9.10. The lowest BCUT2D eigenvalue weighted by Crippen LogP contribution is -2.42. The summed E-state index contributed by atoms with van der Waals surface area (Å²) in [6.45, 7) is 1.21. The predicted octanol–water partition coefficient (Wildman–Crippen LogP) is 2.20. The third-order valence-electron chi connectivity index (χ3n) is 2.83. The first-order valence-electron chi connectivity index (χ1n) is 5.31. The number of aliphatic hydroxyl groups excluding tert-OH is 1. The molecule has 0 radical (unpaired) electrons. The molecule has 1 N–H and O–H groups in total. The van der Waals surface area contributed by atoms with Crippen LogP contribution in [0.4, 0.5) is 5.82 Å². The van der Waals surface area contributed by atoms with Crippen LogP contribution >= 0.6 is 15.9 Å². The van der Waals surface area contributed by atoms with Crippen LogP contribution in [-0.2, 0) is 0 Å². The van der Waals surface area contributed by atoms with Gasteiger partial charge in [0.2, 0.25) is 0 Å². The van der Waals surface area contributed by atoms with Gasteiger partial charge >= 0.3 is 0 Å². The smallest absolute Gasteiger partial charge is 0.130 e. The van der Waals surface area contributed by atoms with Crippen molar-refractivity contribution >= 4 is 21.7 Å². The summed E-state index contributed by atoms with van der Waals surface area (Å²) in [5.41, 5.74) is 0. The molecule has 82 valence electrons. The van der Waals surface area contributed by atoms with Gasteiger partial charge in [-0.15, -0.1) is 0 Å². The zero-order valence-corrected chi connectivity index (χ0v) is 10.2. The van der Waals surface area contributed by atoms with Gasteiger partial charge in [0.25, 0.3) is 0 Å². The van der Waals surface area contributed by atoms with Crippen LogP contribution in [0.15, 0.2) is 22.8 Å². The van der Waals surface area contributed by atoms with E-state index in [1.54, 1.807) is 0 Å². The highest BCUT2D eigenvalue weighted by Gasteiger charge is 2.22. The molecular weight excluding hydrogens is 256 g/mol. The molecule has 1 fully saturated rings. The molecule has 0 aromatic carbocycles. The fourth-order valence-corrected chi connectivity index (χ4v) is 2.38. The Kier molecular flexibility index (Phi) is 3.59. The second kappa shape index (κ2) is 4.94. The van der Waals surface area contributed by atoms with Crippen LogP contribution < -0.4 is 4.90 Å². The normalized spacial score (nSPS) is 21.7. The molecule has 1 aromatic heterocycles. The lowest BCUT2D eigenvalue weighted by atomic mass is 10.0. The maximum absolute atomic E-state index is 9.31. The van der Waals surface area contributed by atoms with Crippen molar-refractivity contribution in [3.8, 4) is 0 Å². The fourth-order valence-electron chi connectivity index (χ4n) is 2.05. The van der Waals surface area contributed by atoms with E-state index in [0.29, 0.717) is 0 Å². The topological polar surface area (TPSA) is 36.4 Å². The minimum atomic E-state index is 0.216. The first-order valence-corrected chi connectivity index (χ1v) is 6.10. The largest absolute Gasteiger partial charge is 0.394 e. The zero-order chi connectivity index (χ0) is 10.7. The quantitative estimate of drug-likeness (QED) is 0.838. The van der Waals surface area contributed by atoms with Gasteiger partial charge in [-0.05, 0) is 47.3 Å². The van der Waals surface area contributed by atoms with Crippen molar-refractivity contribution in [3.63, 3.8) is 0 Å². The fraction of sp³-hybridized carbons (Fsp3) is 0.545. The number of piperidine rings is 1. The Balaban J connectivity index is 2.20. The average molecular weight is 271 g/mol. The van der Waals surface area contributed by atoms with E-state index < -0.39 is 0 Å². The standard InChI is InChI=1S/C11H15BrN2O/c12-10-5-3-6-11(13-10)14-7-2-1-4-9(14)8-15/h3,5-6,9,15H,1-2,4,7-8H2/t9-/m1/s1. The third kappa shape index (κ3) is 2.49. The number of hydrogen-bond donors (Lipinski definition) is 1. The molecule has 1 aliphatic heterocycles. The molecular formula is C11H15BrN2O. The molecule has 1 atom stereocenters. The maximum Gasteiger partial charge on any atom is 0.130 e. The molecule has 2 rings (SSSR count). The van der Waals surface area contributed by atoms with Crippen LogP contribution in [0.25, 0.3) is 0 Å². The minimum Gasteiger partial charge on any atom is -0.394 e. The SMILES string of the molecule is OC[C@H]1CCCCN1c1cccc(Br)n1. The maximum atomic E-state index is 9.31. The molecule has 4 heteroatoms. The highest BCUT2D eigenvalue weighted by Crippen LogP contribution is 2.23. The predicted molar refractivity (Wildman–Crippen MR) is 64.0 cm³/mol. The molecule has 0 unspecified atom stereocenters. The van der Waals surface area contributed by atoms with Gasteiger partial charge < -0.3 is 10.0 Å². The van der Waals surface area contributed by atoms with Crippen molar-refractivity contribution in [3.05, 3.63) is 22.8 Å². The van der Waals surface area contributed by atoms with Gasteiger partial charge in [0.15, 0.2) is 0 Å². The van der Waals surface area contributed by atoms with Gasteiger partial charge in [0.1, 0.15) is 10.4 Å². The first kappa shape index (κ1) is 10.9. The molecule has 0 saturated carbocycles. The van der Waals surface area contributed by atoms with E-state index in [1.165, 1.54) is 12.8 Å². The zero-order valence-electron chi connectivity index (χ0n) is 8.56. The Morgan fingerprint density at radius 3 is 3.07 bits per heavy atom. The van der Waals surface area contributed by atoms with Crippen molar-refractivity contribution in [2.45, 2.75) is 25.3 Å². The van der Waals surface area contributed by atoms with Gasteiger partial charge in [-0.2, -0.15) is 0 Å². The Hall–Kier alpha value is -0.610. The molecule has 1 aromatic rings. The summed E-state index contributed by atoms with van der Waals surface area (Å²) < 4.78 is 0.849. The number of pyridine rings is 1. The van der Waals surface area contributed by atoms with Gasteiger partial charge in [-0.3, -0.25) is 0 Å². The average Bonchev–Trinajstić information content (AvgIpc) is 2.29. The van der Waals surface area contributed by atoms with Crippen LogP contribution in [0.2, 0.25) is 0 Å². The summed E-state index contributed by atoms with van der Waals surface area (Å²) in [6.07, 6.45) is 3.45. The Morgan fingerprint density at radius 1 is 1.47 bits per heavy atom. The molecule has 0 aliphatic carbocycles. The van der Waals surface area contributed by atoms with Crippen LogP contribution in [0.3, 0.4) is 0 Å². The van der Waals surface area contributed by atoms with Crippen LogP contribution in [0.5, 0.6) is 0 Å². The van der Waals surface area contributed by atoms with Gasteiger partial charge in [0, 0.05) is 6.54 Å². The van der Waals surface area contributed by atoms with Gasteiger partial charge in [-0.1, -0.05) is 6.07 Å². The molecule has 1 aliphatic rings. The first-order chi connectivity index (χ1) is 7.31. The van der Waals surface area contributed by atoms with E-state index in [4.69, 9.17) is 0 Å². The van der Waals surface area contributed by atoms with Crippen molar-refractivity contribution < 1.29 is 5.11 Å². The second-order valence-electron chi connectivity index (χ2n) is 3.84. The highest BCUT2D eigenvalue weighted by atomic mass is 79.9. The molecule has 1 saturated heterocycles. The summed E-state index contributed by atoms with van der Waals surface area (Å²) in [5, 5.41) is 9.31. The van der Waals surface area contributed by atoms with E-state index in [9.17, 15) is 5.11 Å². The summed E-state index contributed by atoms with van der Waals surface area (Å²) >= 11 is 3.37. The van der Waals surface area contributed by atoms with E-state index in [-0.39, 0.29) is 12.6 Å². The Bertz CT molecular complexity index is 332. The van der Waals surface area contributed by atoms with Crippen LogP contribution in [0, 0.1) is 0 Å². The van der Waals surface area contributed by atoms with Crippen molar-refractivity contribution in [2.24, 2.45) is 0 Å². The number of nitrogens with zero attached hydrogens (tertiary/aromatic N) is 2. The summed E-state index contributed by atoms with van der Waals surface area (Å²) in [5.74, 6) is 0.961. The lowest BCUT2D eigenvalue weighted by Gasteiger charge is -2.35. The van der Waals surface area contributed by atoms with Crippen LogP contribution in [0.1, 0.15) is 19.3 Å². The minimum absolute atomic E-state index is 0.216. The Morgan fingerprint density at radius 2 is 2.33 bits per heavy atom. The van der Waals surface area contributed by atoms with E-state index in [0.717, 1.165) is 23.4 Å². The van der Waals surface area contributed by atoms with E-state index in [1.807, 2.05) is 18.2 Å². The number of hydrogen-bond acceptors (Lipinski definition) is 3. The Labute approximate surface area is 98.3 Å². The molecule has 15 heavy (non-hydrogen) atoms. The number of aliphatic hydroxyl groups is 1. The molecule has 0 bridgehead atoms. The van der Waals surface area contributed by atoms with E-state index >= 15 is 0 Å². The molecule has 3 nitrogen and oxygen atoms in total. The third-order valence-corrected chi connectivity index (χ3v) is 3.27. The molecule has 0 amide bonds. The van der Waals surface area contributed by atoms with Crippen LogP contribution in [-0.4, -0.2) is 29.3 Å². The summed E-state index contributed by atoms with van der Waals surface area (Å²) in [7, 11) is 0.